The number of amides is 1. The van der Waals surface area contributed by atoms with E-state index in [4.69, 9.17) is 24.2 Å². The molecule has 1 N–H and O–H groups in total. The van der Waals surface area contributed by atoms with Crippen molar-refractivity contribution in [2.75, 3.05) is 63.2 Å². The Kier molecular flexibility index (Phi) is 8.74. The summed E-state index contributed by atoms with van der Waals surface area (Å²) in [6.07, 6.45) is 6.30. The van der Waals surface area contributed by atoms with Crippen LogP contribution in [0.5, 0.6) is 0 Å². The van der Waals surface area contributed by atoms with Crippen molar-refractivity contribution in [3.05, 3.63) is 28.0 Å². The quantitative estimate of drug-likeness (QED) is 0.278. The standard InChI is InChI=1S/C35H46N10O4S/c1-33(2,3)48-32(47)44-14-12-43(13-15-44)26-16-24(38-31(39-26)45-11-10-35(20-45)17-22(46)18-35)28-40-30(49-41-28)34(4)9-7-8-25-27(34)23(19-36)29(50-25)37-21-42(5)6/h16,21-22,46H,7-15,17-18,20H2,1-6H3/b37-21+/t22?,34-,35?/m0/s1. The van der Waals surface area contributed by atoms with E-state index in [0.29, 0.717) is 60.1 Å². The maximum absolute atomic E-state index is 12.8. The van der Waals surface area contributed by atoms with E-state index < -0.39 is 11.0 Å². The molecule has 1 saturated carbocycles. The summed E-state index contributed by atoms with van der Waals surface area (Å²) in [4.78, 5) is 41.4. The number of fused-ring (bicyclic) bond motifs is 1. The number of carbonyl (C=O) groups is 1. The van der Waals surface area contributed by atoms with Gasteiger partial charge in [-0.1, -0.05) is 5.16 Å². The van der Waals surface area contributed by atoms with Gasteiger partial charge in [-0.2, -0.15) is 15.2 Å². The van der Waals surface area contributed by atoms with Gasteiger partial charge in [-0.25, -0.2) is 14.8 Å². The van der Waals surface area contributed by atoms with Crippen molar-refractivity contribution in [2.24, 2.45) is 10.4 Å². The second-order valence-corrected chi connectivity index (χ2v) is 16.7. The SMILES string of the molecule is CN(C)/C=N/c1sc2c(c1C#N)[C@@](C)(c1nc(-c3cc(N4CCN(C(=O)OC(C)(C)C)CC4)nc(N4CCC5(CC(O)C5)C4)n3)no1)CCC2. The zero-order valence-electron chi connectivity index (χ0n) is 29.8. The van der Waals surface area contributed by atoms with Gasteiger partial charge >= 0.3 is 6.09 Å². The van der Waals surface area contributed by atoms with E-state index in [1.54, 1.807) is 22.6 Å². The Morgan fingerprint density at radius 3 is 2.60 bits per heavy atom. The highest BCUT2D eigenvalue weighted by molar-refractivity contribution is 7.16. The lowest BCUT2D eigenvalue weighted by Gasteiger charge is -2.42. The maximum Gasteiger partial charge on any atom is 0.410 e. The molecule has 50 heavy (non-hydrogen) atoms. The first-order chi connectivity index (χ1) is 23.8. The minimum Gasteiger partial charge on any atom is -0.444 e. The van der Waals surface area contributed by atoms with Crippen LogP contribution >= 0.6 is 11.3 Å². The molecule has 0 bridgehead atoms. The van der Waals surface area contributed by atoms with E-state index in [1.807, 2.05) is 45.8 Å². The van der Waals surface area contributed by atoms with Crippen LogP contribution in [0.15, 0.2) is 15.6 Å². The molecule has 7 rings (SSSR count). The fraction of sp³-hybridized carbons (Fsp3) is 0.629. The zero-order valence-corrected chi connectivity index (χ0v) is 30.6. The zero-order chi connectivity index (χ0) is 35.4. The molecule has 1 amide bonds. The monoisotopic (exact) mass is 702 g/mol. The normalized spacial score (nSPS) is 25.2. The number of aromatic nitrogens is 4. The van der Waals surface area contributed by atoms with Crippen molar-refractivity contribution >= 4 is 40.5 Å². The molecular formula is C35H46N10O4S. The summed E-state index contributed by atoms with van der Waals surface area (Å²) in [5.74, 6) is 2.13. The van der Waals surface area contributed by atoms with Crippen LogP contribution in [0.1, 0.15) is 81.7 Å². The molecule has 2 aliphatic carbocycles. The molecule has 3 fully saturated rings. The largest absolute Gasteiger partial charge is 0.444 e. The third-order valence-corrected chi connectivity index (χ3v) is 11.4. The van der Waals surface area contributed by atoms with Crippen LogP contribution in [0.2, 0.25) is 0 Å². The number of nitrogens with zero attached hydrogens (tertiary/aromatic N) is 10. The Labute approximate surface area is 296 Å². The van der Waals surface area contributed by atoms with Gasteiger partial charge in [0.1, 0.15) is 28.2 Å². The molecule has 4 aliphatic rings. The summed E-state index contributed by atoms with van der Waals surface area (Å²) >= 11 is 1.56. The minimum absolute atomic E-state index is 0.0962. The summed E-state index contributed by atoms with van der Waals surface area (Å²) in [6.45, 7) is 11.4. The van der Waals surface area contributed by atoms with Crippen molar-refractivity contribution in [3.63, 3.8) is 0 Å². The Morgan fingerprint density at radius 1 is 1.16 bits per heavy atom. The molecule has 0 unspecified atom stereocenters. The van der Waals surface area contributed by atoms with Crippen LogP contribution in [-0.4, -0.2) is 113 Å². The van der Waals surface area contributed by atoms with Gasteiger partial charge in [0.05, 0.1) is 23.4 Å². The van der Waals surface area contributed by atoms with Gasteiger partial charge in [0.25, 0.3) is 0 Å². The average Bonchev–Trinajstić information content (AvgIpc) is 3.81. The predicted molar refractivity (Wildman–Crippen MR) is 190 cm³/mol. The van der Waals surface area contributed by atoms with Gasteiger partial charge in [-0.3, -0.25) is 0 Å². The number of thiophene rings is 1. The Morgan fingerprint density at radius 2 is 1.92 bits per heavy atom. The van der Waals surface area contributed by atoms with Crippen LogP contribution in [0.4, 0.5) is 21.6 Å². The topological polar surface area (TPSA) is 160 Å². The Bertz CT molecular complexity index is 1830. The Hall–Kier alpha value is -4.29. The molecule has 15 heteroatoms. The first kappa shape index (κ1) is 34.2. The maximum atomic E-state index is 12.8. The summed E-state index contributed by atoms with van der Waals surface area (Å²) in [5.41, 5.74) is 0.913. The highest BCUT2D eigenvalue weighted by Crippen LogP contribution is 2.51. The van der Waals surface area contributed by atoms with Crippen molar-refractivity contribution < 1.29 is 19.2 Å². The molecule has 266 valence electrons. The van der Waals surface area contributed by atoms with E-state index >= 15 is 0 Å². The van der Waals surface area contributed by atoms with Crippen LogP contribution in [-0.2, 0) is 16.6 Å². The number of ether oxygens (including phenoxy) is 1. The van der Waals surface area contributed by atoms with E-state index in [1.165, 1.54) is 0 Å². The number of piperazine rings is 1. The van der Waals surface area contributed by atoms with Crippen LogP contribution in [0, 0.1) is 16.7 Å². The number of aliphatic hydroxyl groups is 1. The predicted octanol–water partition coefficient (Wildman–Crippen LogP) is 4.73. The summed E-state index contributed by atoms with van der Waals surface area (Å²) in [5, 5.41) is 25.5. The highest BCUT2D eigenvalue weighted by atomic mass is 32.1. The number of nitriles is 1. The molecule has 3 aromatic heterocycles. The fourth-order valence-electron chi connectivity index (χ4n) is 7.74. The average molecular weight is 703 g/mol. The first-order valence-corrected chi connectivity index (χ1v) is 18.2. The van der Waals surface area contributed by atoms with Gasteiger partial charge in [0, 0.05) is 69.9 Å². The number of hydrogen-bond acceptors (Lipinski definition) is 13. The summed E-state index contributed by atoms with van der Waals surface area (Å²) in [6, 6.07) is 4.32. The lowest BCUT2D eigenvalue weighted by atomic mass is 9.66. The van der Waals surface area contributed by atoms with Crippen LogP contribution < -0.4 is 9.80 Å². The Balaban J connectivity index is 1.20. The van der Waals surface area contributed by atoms with E-state index in [9.17, 15) is 15.2 Å². The number of carbonyl (C=O) groups excluding carboxylic acids is 1. The molecule has 1 spiro atoms. The molecule has 14 nitrogen and oxygen atoms in total. The molecule has 0 aromatic carbocycles. The summed E-state index contributed by atoms with van der Waals surface area (Å²) < 4.78 is 11.7. The van der Waals surface area contributed by atoms with Gasteiger partial charge in [-0.05, 0) is 71.6 Å². The van der Waals surface area contributed by atoms with Crippen LogP contribution in [0.3, 0.4) is 0 Å². The van der Waals surface area contributed by atoms with E-state index in [-0.39, 0.29) is 17.6 Å². The van der Waals surface area contributed by atoms with Crippen molar-refractivity contribution in [3.8, 4) is 17.6 Å². The molecule has 2 saturated heterocycles. The third-order valence-electron chi connectivity index (χ3n) is 10.3. The molecular weight excluding hydrogens is 657 g/mol. The second-order valence-electron chi connectivity index (χ2n) is 15.6. The van der Waals surface area contributed by atoms with E-state index in [0.717, 1.165) is 67.9 Å². The first-order valence-electron chi connectivity index (χ1n) is 17.4. The minimum atomic E-state index is -0.657. The van der Waals surface area contributed by atoms with E-state index in [2.05, 4.69) is 32.9 Å². The lowest BCUT2D eigenvalue weighted by Crippen LogP contribution is -2.50. The molecule has 2 aliphatic heterocycles. The van der Waals surface area contributed by atoms with Gasteiger partial charge < -0.3 is 34.0 Å². The number of hydrogen-bond donors (Lipinski definition) is 1. The highest BCUT2D eigenvalue weighted by Gasteiger charge is 2.49. The number of rotatable bonds is 6. The van der Waals surface area contributed by atoms with Gasteiger partial charge in [-0.15, -0.1) is 11.3 Å². The van der Waals surface area contributed by atoms with Crippen molar-refractivity contribution in [1.29, 1.82) is 5.26 Å². The molecule has 1 atom stereocenters. The van der Waals surface area contributed by atoms with Crippen molar-refractivity contribution in [1.82, 2.24) is 29.9 Å². The fourth-order valence-corrected chi connectivity index (χ4v) is 9.00. The lowest BCUT2D eigenvalue weighted by molar-refractivity contribution is -0.0179. The van der Waals surface area contributed by atoms with Crippen LogP contribution in [0.25, 0.3) is 11.5 Å². The van der Waals surface area contributed by atoms with Crippen molar-refractivity contribution in [2.45, 2.75) is 83.3 Å². The number of aliphatic hydroxyl groups excluding tert-OH is 1. The number of aliphatic imine (C=N–C) groups is 1. The van der Waals surface area contributed by atoms with Gasteiger partial charge in [0.2, 0.25) is 17.7 Å². The smallest absolute Gasteiger partial charge is 0.410 e. The summed E-state index contributed by atoms with van der Waals surface area (Å²) in [7, 11) is 3.81. The molecule has 0 radical (unpaired) electrons. The third kappa shape index (κ3) is 6.51. The van der Waals surface area contributed by atoms with Gasteiger partial charge in [0.15, 0.2) is 0 Å². The number of aryl methyl sites for hydroxylation is 1. The molecule has 3 aromatic rings. The second kappa shape index (κ2) is 12.8. The molecule has 5 heterocycles. The number of anilines is 2.